The summed E-state index contributed by atoms with van der Waals surface area (Å²) in [5, 5.41) is 11.4. The maximum Gasteiger partial charge on any atom is 0.320 e. The zero-order valence-corrected chi connectivity index (χ0v) is 6.65. The molecule has 0 aliphatic heterocycles. The molecule has 64 valence electrons. The third-order valence-corrected chi connectivity index (χ3v) is 1.04. The second kappa shape index (κ2) is 5.79. The number of hydrogen-bond acceptors (Lipinski definition) is 3. The van der Waals surface area contributed by atoms with Gasteiger partial charge in [-0.3, -0.25) is 4.79 Å². The molecule has 0 aromatic carbocycles. The molecular weight excluding hydrogens is 172 g/mol. The highest BCUT2D eigenvalue weighted by Gasteiger charge is 2.17. The second-order valence-corrected chi connectivity index (χ2v) is 1.81. The molecule has 0 saturated carbocycles. The number of aliphatic carboxylic acids is 1. The summed E-state index contributed by atoms with van der Waals surface area (Å²) in [6, 6.07) is -1.82. The van der Waals surface area contributed by atoms with Gasteiger partial charge in [0.05, 0.1) is 6.04 Å². The first-order valence-electron chi connectivity index (χ1n) is 2.62. The summed E-state index contributed by atoms with van der Waals surface area (Å²) in [4.78, 5) is 12.5. The molecule has 0 aromatic heterocycles. The minimum atomic E-state index is -1.17. The van der Waals surface area contributed by atoms with Gasteiger partial charge in [0, 0.05) is 4.91 Å². The molecule has 3 N–H and O–H groups in total. The Hall–Kier alpha value is -0.970. The number of carboxylic acid groups (broad SMARTS) is 1. The molecule has 7 heteroatoms. The molecule has 11 heavy (non-hydrogen) atoms. The van der Waals surface area contributed by atoms with Gasteiger partial charge in [-0.25, -0.2) is 0 Å². The van der Waals surface area contributed by atoms with E-state index < -0.39 is 18.1 Å². The quantitative estimate of drug-likeness (QED) is 0.375. The Kier molecular flexibility index (Phi) is 6.67. The van der Waals surface area contributed by atoms with E-state index in [-0.39, 0.29) is 12.4 Å². The lowest BCUT2D eigenvalue weighted by Crippen LogP contribution is -2.38. The van der Waals surface area contributed by atoms with Crippen LogP contribution in [0.25, 0.3) is 10.4 Å². The third kappa shape index (κ3) is 4.44. The highest BCUT2D eigenvalue weighted by Crippen LogP contribution is 1.94. The summed E-state index contributed by atoms with van der Waals surface area (Å²) >= 11 is 0. The Bertz CT molecular complexity index is 173. The molecule has 0 heterocycles. The maximum atomic E-state index is 10.1. The lowest BCUT2D eigenvalue weighted by molar-refractivity contribution is -0.138. The minimum Gasteiger partial charge on any atom is -0.480 e. The van der Waals surface area contributed by atoms with Crippen molar-refractivity contribution in [2.45, 2.75) is 19.0 Å². The normalized spacial score (nSPS) is 13.6. The molecule has 0 unspecified atom stereocenters. The monoisotopic (exact) mass is 180 g/mol. The predicted molar refractivity (Wildman–Crippen MR) is 41.5 cm³/mol. The summed E-state index contributed by atoms with van der Waals surface area (Å²) < 4.78 is 0. The van der Waals surface area contributed by atoms with Crippen molar-refractivity contribution in [1.82, 2.24) is 0 Å². The Labute approximate surface area is 69.4 Å². The minimum absolute atomic E-state index is 0. The van der Waals surface area contributed by atoms with Crippen molar-refractivity contribution in [1.29, 1.82) is 0 Å². The molecule has 0 fully saturated rings. The lowest BCUT2D eigenvalue weighted by atomic mass is 10.2. The second-order valence-electron chi connectivity index (χ2n) is 1.81. The number of azide groups is 1. The number of halogens is 1. The van der Waals surface area contributed by atoms with Crippen LogP contribution in [0.3, 0.4) is 0 Å². The summed E-state index contributed by atoms with van der Waals surface area (Å²) in [7, 11) is 0. The fourth-order valence-electron chi connectivity index (χ4n) is 0.360. The topological polar surface area (TPSA) is 112 Å². The number of carbonyl (C=O) groups is 1. The Morgan fingerprint density at radius 1 is 1.82 bits per heavy atom. The Morgan fingerprint density at radius 3 is 2.55 bits per heavy atom. The van der Waals surface area contributed by atoms with E-state index in [4.69, 9.17) is 16.4 Å². The summed E-state index contributed by atoms with van der Waals surface area (Å²) in [6.07, 6.45) is 0. The van der Waals surface area contributed by atoms with Crippen LogP contribution in [0.5, 0.6) is 0 Å². The smallest absolute Gasteiger partial charge is 0.320 e. The first-order chi connectivity index (χ1) is 4.59. The van der Waals surface area contributed by atoms with E-state index in [9.17, 15) is 4.79 Å². The van der Waals surface area contributed by atoms with Crippen LogP contribution >= 0.6 is 12.4 Å². The van der Waals surface area contributed by atoms with Gasteiger partial charge in [0.15, 0.2) is 0 Å². The van der Waals surface area contributed by atoms with Gasteiger partial charge in [0.25, 0.3) is 0 Å². The van der Waals surface area contributed by atoms with Gasteiger partial charge in [0.1, 0.15) is 6.04 Å². The van der Waals surface area contributed by atoms with Crippen molar-refractivity contribution >= 4 is 18.4 Å². The molecule has 0 aliphatic carbocycles. The van der Waals surface area contributed by atoms with Crippen LogP contribution in [0.15, 0.2) is 5.11 Å². The van der Waals surface area contributed by atoms with Crippen molar-refractivity contribution in [3.8, 4) is 0 Å². The van der Waals surface area contributed by atoms with E-state index in [1.165, 1.54) is 6.92 Å². The average molecular weight is 181 g/mol. The van der Waals surface area contributed by atoms with Gasteiger partial charge < -0.3 is 10.8 Å². The van der Waals surface area contributed by atoms with Crippen LogP contribution in [-0.4, -0.2) is 23.2 Å². The van der Waals surface area contributed by atoms with Gasteiger partial charge >= 0.3 is 5.97 Å². The highest BCUT2D eigenvalue weighted by atomic mass is 35.5. The molecule has 2 atom stereocenters. The van der Waals surface area contributed by atoms with E-state index in [1.807, 2.05) is 0 Å². The van der Waals surface area contributed by atoms with Crippen LogP contribution < -0.4 is 5.73 Å². The molecule has 0 aliphatic rings. The van der Waals surface area contributed by atoms with Crippen molar-refractivity contribution in [3.05, 3.63) is 10.4 Å². The van der Waals surface area contributed by atoms with E-state index in [0.717, 1.165) is 0 Å². The predicted octanol–water partition coefficient (Wildman–Crippen LogP) is 0.519. The van der Waals surface area contributed by atoms with Gasteiger partial charge in [0.2, 0.25) is 0 Å². The van der Waals surface area contributed by atoms with Crippen molar-refractivity contribution in [2.75, 3.05) is 0 Å². The first kappa shape index (κ1) is 12.7. The van der Waals surface area contributed by atoms with Gasteiger partial charge in [-0.05, 0) is 5.53 Å². The number of nitrogens with zero attached hydrogens (tertiary/aromatic N) is 3. The number of hydrogen-bond donors (Lipinski definition) is 2. The number of rotatable bonds is 3. The third-order valence-electron chi connectivity index (χ3n) is 1.04. The van der Waals surface area contributed by atoms with E-state index >= 15 is 0 Å². The van der Waals surface area contributed by atoms with E-state index in [1.54, 1.807) is 0 Å². The van der Waals surface area contributed by atoms with Crippen molar-refractivity contribution < 1.29 is 9.90 Å². The molecule has 0 bridgehead atoms. The van der Waals surface area contributed by atoms with Crippen LogP contribution in [0, 0.1) is 0 Å². The van der Waals surface area contributed by atoms with Gasteiger partial charge in [-0.15, -0.1) is 12.4 Å². The zero-order chi connectivity index (χ0) is 8.15. The molecule has 0 aromatic rings. The zero-order valence-electron chi connectivity index (χ0n) is 5.84. The Morgan fingerprint density at radius 2 is 2.27 bits per heavy atom. The van der Waals surface area contributed by atoms with Crippen LogP contribution in [0.2, 0.25) is 0 Å². The summed E-state index contributed by atoms with van der Waals surface area (Å²) in [5.41, 5.74) is 13.0. The lowest BCUT2D eigenvalue weighted by Gasteiger charge is -2.07. The fourth-order valence-corrected chi connectivity index (χ4v) is 0.360. The fraction of sp³-hybridized carbons (Fsp3) is 0.750. The molecule has 0 rings (SSSR count). The first-order valence-corrected chi connectivity index (χ1v) is 2.62. The van der Waals surface area contributed by atoms with Crippen LogP contribution in [0.1, 0.15) is 6.92 Å². The summed E-state index contributed by atoms with van der Waals surface area (Å²) in [6.45, 7) is 1.44. The highest BCUT2D eigenvalue weighted by molar-refractivity contribution is 5.85. The molecule has 0 radical (unpaired) electrons. The van der Waals surface area contributed by atoms with E-state index in [0.29, 0.717) is 0 Å². The molecule has 6 nitrogen and oxygen atoms in total. The van der Waals surface area contributed by atoms with Gasteiger partial charge in [-0.1, -0.05) is 12.0 Å². The van der Waals surface area contributed by atoms with Crippen molar-refractivity contribution in [3.63, 3.8) is 0 Å². The number of carboxylic acids is 1. The maximum absolute atomic E-state index is 10.1. The van der Waals surface area contributed by atoms with E-state index in [2.05, 4.69) is 10.0 Å². The number of nitrogens with two attached hydrogens (primary N) is 1. The molecule has 0 spiro atoms. The standard InChI is InChI=1S/C4H8N4O2.ClH/c1-2(7-8-6)3(5)4(9)10;/h2-3H,5H2,1H3,(H,9,10);1H/t2-,3-;/m0./s1. The van der Waals surface area contributed by atoms with Crippen LogP contribution in [-0.2, 0) is 4.79 Å². The van der Waals surface area contributed by atoms with Gasteiger partial charge in [-0.2, -0.15) is 0 Å². The molecule has 0 amide bonds. The Balaban J connectivity index is 0. The largest absolute Gasteiger partial charge is 0.480 e. The average Bonchev–Trinajstić information content (AvgIpc) is 1.87. The molecule has 0 saturated heterocycles. The SMILES string of the molecule is C[C@H](N=[N+]=[N-])[C@H](N)C(=O)O.Cl. The van der Waals surface area contributed by atoms with Crippen molar-refractivity contribution in [2.24, 2.45) is 10.8 Å². The van der Waals surface area contributed by atoms with Crippen LogP contribution in [0.4, 0.5) is 0 Å². The molecular formula is C4H9ClN4O2. The summed E-state index contributed by atoms with van der Waals surface area (Å²) in [5.74, 6) is -1.17.